The number of nitrogens with one attached hydrogen (secondary N) is 1. The van der Waals surface area contributed by atoms with Gasteiger partial charge in [0.25, 0.3) is 0 Å². The average molecular weight is 246 g/mol. The summed E-state index contributed by atoms with van der Waals surface area (Å²) >= 11 is 1.70. The van der Waals surface area contributed by atoms with Crippen molar-refractivity contribution in [1.82, 2.24) is 0 Å². The molecule has 2 nitrogen and oxygen atoms in total. The summed E-state index contributed by atoms with van der Waals surface area (Å²) in [5.74, 6) is 0.973. The van der Waals surface area contributed by atoms with Gasteiger partial charge in [-0.15, -0.1) is 18.3 Å². The number of rotatable bonds is 6. The third-order valence-electron chi connectivity index (χ3n) is 2.36. The van der Waals surface area contributed by atoms with Crippen LogP contribution in [0.5, 0.6) is 0 Å². The molecule has 1 N–H and O–H groups in total. The van der Waals surface area contributed by atoms with Crippen LogP contribution in [-0.2, 0) is 0 Å². The van der Waals surface area contributed by atoms with E-state index in [0.29, 0.717) is 6.04 Å². The van der Waals surface area contributed by atoms with Gasteiger partial charge < -0.3 is 5.32 Å². The van der Waals surface area contributed by atoms with Crippen molar-refractivity contribution in [2.24, 2.45) is 0 Å². The fourth-order valence-electron chi connectivity index (χ4n) is 1.62. The molecule has 0 amide bonds. The molecule has 1 aromatic carbocycles. The van der Waals surface area contributed by atoms with Gasteiger partial charge in [0.1, 0.15) is 6.07 Å². The number of hydrogen-bond donors (Lipinski definition) is 1. The van der Waals surface area contributed by atoms with Crippen LogP contribution in [0.2, 0.25) is 0 Å². The van der Waals surface area contributed by atoms with Crippen LogP contribution in [0, 0.1) is 11.3 Å². The van der Waals surface area contributed by atoms with E-state index in [0.717, 1.165) is 28.3 Å². The molecule has 0 saturated carbocycles. The highest BCUT2D eigenvalue weighted by Gasteiger charge is 2.09. The zero-order valence-electron chi connectivity index (χ0n) is 10.4. The quantitative estimate of drug-likeness (QED) is 0.607. The maximum Gasteiger partial charge on any atom is 0.102 e. The predicted octanol–water partition coefficient (Wildman–Crippen LogP) is 4.05. The molecule has 0 aromatic heterocycles. The van der Waals surface area contributed by atoms with Crippen LogP contribution < -0.4 is 5.32 Å². The predicted molar refractivity (Wildman–Crippen MR) is 75.5 cm³/mol. The summed E-state index contributed by atoms with van der Waals surface area (Å²) in [4.78, 5) is 1.05. The molecule has 0 aliphatic carbocycles. The Labute approximate surface area is 108 Å². The lowest BCUT2D eigenvalue weighted by molar-refractivity contribution is 0.813. The van der Waals surface area contributed by atoms with Gasteiger partial charge in [-0.2, -0.15) is 5.26 Å². The summed E-state index contributed by atoms with van der Waals surface area (Å²) in [5.41, 5.74) is 1.66. The highest BCUT2D eigenvalue weighted by molar-refractivity contribution is 7.99. The first-order chi connectivity index (χ1) is 8.22. The van der Waals surface area contributed by atoms with Crippen molar-refractivity contribution >= 4 is 17.4 Å². The third kappa shape index (κ3) is 3.83. The minimum atomic E-state index is 0.293. The largest absolute Gasteiger partial charge is 0.381 e. The minimum absolute atomic E-state index is 0.293. The summed E-state index contributed by atoms with van der Waals surface area (Å²) in [5, 5.41) is 12.6. The summed E-state index contributed by atoms with van der Waals surface area (Å²) in [6.45, 7) is 7.90. The van der Waals surface area contributed by atoms with Gasteiger partial charge in [-0.25, -0.2) is 0 Å². The summed E-state index contributed by atoms with van der Waals surface area (Å²) < 4.78 is 0. The molecule has 0 aliphatic rings. The Morgan fingerprint density at radius 2 is 2.35 bits per heavy atom. The minimum Gasteiger partial charge on any atom is -0.381 e. The first-order valence-corrected chi connectivity index (χ1v) is 6.74. The Bertz CT molecular complexity index is 421. The van der Waals surface area contributed by atoms with Crippen LogP contribution in [0.25, 0.3) is 0 Å². The fraction of sp³-hybridized carbons (Fsp3) is 0.357. The molecule has 0 aliphatic heterocycles. The van der Waals surface area contributed by atoms with Gasteiger partial charge in [-0.05, 0) is 31.2 Å². The van der Waals surface area contributed by atoms with Crippen molar-refractivity contribution in [2.45, 2.75) is 31.2 Å². The second-order valence-electron chi connectivity index (χ2n) is 3.79. The lowest BCUT2D eigenvalue weighted by Gasteiger charge is -2.15. The first kappa shape index (κ1) is 13.7. The van der Waals surface area contributed by atoms with Gasteiger partial charge in [-0.1, -0.05) is 19.1 Å². The maximum atomic E-state index is 9.25. The van der Waals surface area contributed by atoms with Gasteiger partial charge in [-0.3, -0.25) is 0 Å². The normalized spacial score (nSPS) is 11.6. The van der Waals surface area contributed by atoms with Crippen molar-refractivity contribution in [3.63, 3.8) is 0 Å². The zero-order chi connectivity index (χ0) is 12.7. The van der Waals surface area contributed by atoms with Crippen molar-refractivity contribution in [3.05, 3.63) is 36.4 Å². The molecule has 0 bridgehead atoms. The summed E-state index contributed by atoms with van der Waals surface area (Å²) in [6.07, 6.45) is 2.77. The highest BCUT2D eigenvalue weighted by atomic mass is 32.2. The number of nitriles is 1. The molecule has 1 atom stereocenters. The second-order valence-corrected chi connectivity index (χ2v) is 5.10. The molecule has 1 aromatic rings. The molecule has 0 heterocycles. The Balaban J connectivity index is 2.95. The van der Waals surface area contributed by atoms with Crippen LogP contribution in [0.3, 0.4) is 0 Å². The van der Waals surface area contributed by atoms with Crippen LogP contribution in [-0.4, -0.2) is 11.8 Å². The monoisotopic (exact) mass is 246 g/mol. The molecule has 0 saturated heterocycles. The Morgan fingerprint density at radius 3 is 2.94 bits per heavy atom. The fourth-order valence-corrected chi connectivity index (χ4v) is 2.40. The number of hydrogen-bond acceptors (Lipinski definition) is 3. The van der Waals surface area contributed by atoms with Gasteiger partial charge in [0.2, 0.25) is 0 Å². The molecule has 90 valence electrons. The number of benzene rings is 1. The first-order valence-electron chi connectivity index (χ1n) is 5.76. The van der Waals surface area contributed by atoms with Crippen LogP contribution >= 0.6 is 11.8 Å². The van der Waals surface area contributed by atoms with Crippen molar-refractivity contribution < 1.29 is 0 Å². The Morgan fingerprint density at radius 1 is 1.59 bits per heavy atom. The van der Waals surface area contributed by atoms with Crippen molar-refractivity contribution in [3.8, 4) is 6.07 Å². The molecule has 17 heavy (non-hydrogen) atoms. The molecule has 1 unspecified atom stereocenters. The van der Waals surface area contributed by atoms with E-state index in [-0.39, 0.29) is 0 Å². The summed E-state index contributed by atoms with van der Waals surface area (Å²) in [6, 6.07) is 8.52. The van der Waals surface area contributed by atoms with E-state index >= 15 is 0 Å². The molecular formula is C14H18N2S. The van der Waals surface area contributed by atoms with Crippen molar-refractivity contribution in [1.29, 1.82) is 5.26 Å². The lowest BCUT2D eigenvalue weighted by atomic mass is 10.1. The van der Waals surface area contributed by atoms with E-state index in [1.807, 2.05) is 24.3 Å². The van der Waals surface area contributed by atoms with Crippen LogP contribution in [0.4, 0.5) is 5.69 Å². The Hall–Kier alpha value is -1.40. The van der Waals surface area contributed by atoms with Crippen LogP contribution in [0.1, 0.15) is 25.8 Å². The topological polar surface area (TPSA) is 35.8 Å². The summed E-state index contributed by atoms with van der Waals surface area (Å²) in [7, 11) is 0. The van der Waals surface area contributed by atoms with E-state index in [2.05, 4.69) is 31.8 Å². The molecule has 3 heteroatoms. The van der Waals surface area contributed by atoms with E-state index in [4.69, 9.17) is 0 Å². The molecule has 0 radical (unpaired) electrons. The standard InChI is InChI=1S/C14H18N2S/c1-4-7-11(3)16-13-8-6-9-14(17-5-2)12(13)10-15/h4,6,8-9,11,16H,1,5,7H2,2-3H3. The van der Waals surface area contributed by atoms with Crippen molar-refractivity contribution in [2.75, 3.05) is 11.1 Å². The molecule has 0 fully saturated rings. The van der Waals surface area contributed by atoms with E-state index in [9.17, 15) is 5.26 Å². The van der Waals surface area contributed by atoms with Gasteiger partial charge >= 0.3 is 0 Å². The smallest absolute Gasteiger partial charge is 0.102 e. The number of nitrogens with zero attached hydrogens (tertiary/aromatic N) is 1. The number of thioether (sulfide) groups is 1. The van der Waals surface area contributed by atoms with E-state index < -0.39 is 0 Å². The maximum absolute atomic E-state index is 9.25. The van der Waals surface area contributed by atoms with E-state index in [1.54, 1.807) is 11.8 Å². The molecule has 1 rings (SSSR count). The Kier molecular flexibility index (Phi) is 5.65. The van der Waals surface area contributed by atoms with Crippen LogP contribution in [0.15, 0.2) is 35.7 Å². The SMILES string of the molecule is C=CCC(C)Nc1cccc(SCC)c1C#N. The second kappa shape index (κ2) is 7.03. The zero-order valence-corrected chi connectivity index (χ0v) is 11.2. The number of anilines is 1. The highest BCUT2D eigenvalue weighted by Crippen LogP contribution is 2.28. The molecular weight excluding hydrogens is 228 g/mol. The molecule has 0 spiro atoms. The third-order valence-corrected chi connectivity index (χ3v) is 3.30. The average Bonchev–Trinajstić information content (AvgIpc) is 2.30. The van der Waals surface area contributed by atoms with Gasteiger partial charge in [0.15, 0.2) is 0 Å². The lowest BCUT2D eigenvalue weighted by Crippen LogP contribution is -2.14. The van der Waals surface area contributed by atoms with E-state index in [1.165, 1.54) is 0 Å². The van der Waals surface area contributed by atoms with Gasteiger partial charge in [0.05, 0.1) is 11.3 Å². The van der Waals surface area contributed by atoms with Gasteiger partial charge in [0, 0.05) is 10.9 Å².